The van der Waals surface area contributed by atoms with Gasteiger partial charge in [-0.1, -0.05) is 79.1 Å². The van der Waals surface area contributed by atoms with E-state index >= 15 is 0 Å². The minimum absolute atomic E-state index is 0.604. The Hall–Kier alpha value is -0.130. The number of quaternary nitrogens is 1. The van der Waals surface area contributed by atoms with Crippen molar-refractivity contribution in [3.63, 3.8) is 0 Å². The molecule has 0 aromatic heterocycles. The molecular formula is C25H55NO3S. The van der Waals surface area contributed by atoms with Crippen molar-refractivity contribution in [2.75, 3.05) is 32.4 Å². The Labute approximate surface area is 190 Å². The molecule has 0 unspecified atom stereocenters. The Morgan fingerprint density at radius 3 is 0.867 bits per heavy atom. The van der Waals surface area contributed by atoms with Gasteiger partial charge in [0.05, 0.1) is 36.3 Å². The molecule has 0 spiro atoms. The van der Waals surface area contributed by atoms with E-state index in [9.17, 15) is 0 Å². The molecule has 4 nitrogen and oxygen atoms in total. The maximum atomic E-state index is 9.08. The normalized spacial score (nSPS) is 11.9. The van der Waals surface area contributed by atoms with E-state index in [2.05, 4.69) is 27.7 Å². The van der Waals surface area contributed by atoms with Crippen LogP contribution < -0.4 is 0 Å². The average molecular weight is 450 g/mol. The molecule has 0 N–H and O–H groups in total. The zero-order valence-electron chi connectivity index (χ0n) is 21.2. The van der Waals surface area contributed by atoms with Crippen molar-refractivity contribution in [3.05, 3.63) is 0 Å². The van der Waals surface area contributed by atoms with Crippen molar-refractivity contribution in [2.45, 2.75) is 130 Å². The molecule has 0 radical (unpaired) electrons. The highest BCUT2D eigenvalue weighted by Crippen LogP contribution is 2.19. The van der Waals surface area contributed by atoms with Crippen LogP contribution in [0.2, 0.25) is 0 Å². The van der Waals surface area contributed by atoms with Crippen LogP contribution in [0.4, 0.5) is 0 Å². The van der Waals surface area contributed by atoms with Gasteiger partial charge >= 0.3 is 0 Å². The Kier molecular flexibility index (Phi) is 23.6. The fraction of sp³-hybridized carbons (Fsp3) is 1.00. The van der Waals surface area contributed by atoms with Crippen LogP contribution >= 0.6 is 0 Å². The number of unbranched alkanes of at least 4 members (excludes halogenated alkanes) is 12. The maximum Gasteiger partial charge on any atom is 0.0916 e. The van der Waals surface area contributed by atoms with Crippen molar-refractivity contribution >= 4 is 10.1 Å². The molecule has 0 amide bonds. The quantitative estimate of drug-likeness (QED) is 0.111. The van der Waals surface area contributed by atoms with E-state index < -0.39 is 10.1 Å². The summed E-state index contributed by atoms with van der Waals surface area (Å²) in [5, 5.41) is 0. The number of hydrogen-bond donors (Lipinski definition) is 0. The molecule has 0 aliphatic heterocycles. The summed E-state index contributed by atoms with van der Waals surface area (Å²) in [6, 6.07) is 0. The van der Waals surface area contributed by atoms with Crippen LogP contribution in [-0.4, -0.2) is 49.9 Å². The molecule has 5 heteroatoms. The molecule has 0 aromatic carbocycles. The summed E-state index contributed by atoms with van der Waals surface area (Å²) < 4.78 is 28.7. The van der Waals surface area contributed by atoms with Crippen molar-refractivity contribution in [2.24, 2.45) is 0 Å². The van der Waals surface area contributed by atoms with Gasteiger partial charge in [-0.25, -0.2) is 8.42 Å². The summed E-state index contributed by atoms with van der Waals surface area (Å²) in [6.07, 6.45) is 23.5. The lowest BCUT2D eigenvalue weighted by Crippen LogP contribution is -2.50. The Bertz CT molecular complexity index is 376. The number of rotatable bonds is 20. The molecule has 0 saturated carbocycles. The molecule has 0 heterocycles. The van der Waals surface area contributed by atoms with Gasteiger partial charge in [0.2, 0.25) is 0 Å². The van der Waals surface area contributed by atoms with Crippen molar-refractivity contribution in [3.8, 4) is 0 Å². The summed E-state index contributed by atoms with van der Waals surface area (Å²) in [5.41, 5.74) is 0. The maximum absolute atomic E-state index is 9.08. The lowest BCUT2D eigenvalue weighted by Gasteiger charge is -2.39. The molecule has 0 saturated heterocycles. The van der Waals surface area contributed by atoms with E-state index in [4.69, 9.17) is 13.0 Å². The molecule has 0 bridgehead atoms. The molecule has 0 aromatic rings. The molecule has 0 aliphatic rings. The highest BCUT2D eigenvalue weighted by molar-refractivity contribution is 7.84. The minimum Gasteiger partial charge on any atom is -0.748 e. The zero-order chi connectivity index (χ0) is 23.1. The SMILES string of the molecule is CCCCCC[N+](CCCCCC)(CCCCCC)CCCCCC.CS(=O)(=O)[O-]. The summed E-state index contributed by atoms with van der Waals surface area (Å²) >= 11 is 0. The van der Waals surface area contributed by atoms with E-state index in [0.29, 0.717) is 6.26 Å². The van der Waals surface area contributed by atoms with E-state index in [1.165, 1.54) is 133 Å². The van der Waals surface area contributed by atoms with Crippen LogP contribution in [0.25, 0.3) is 0 Å². The van der Waals surface area contributed by atoms with E-state index in [1.807, 2.05) is 0 Å². The topological polar surface area (TPSA) is 57.2 Å². The van der Waals surface area contributed by atoms with Crippen LogP contribution in [0, 0.1) is 0 Å². The molecular weight excluding hydrogens is 394 g/mol. The first-order valence-electron chi connectivity index (χ1n) is 13.0. The number of nitrogens with zero attached hydrogens (tertiary/aromatic N) is 1. The first-order chi connectivity index (χ1) is 14.2. The average Bonchev–Trinajstić information content (AvgIpc) is 2.68. The van der Waals surface area contributed by atoms with E-state index in [1.54, 1.807) is 0 Å². The third-order valence-electron chi connectivity index (χ3n) is 5.94. The van der Waals surface area contributed by atoms with Gasteiger partial charge in [-0.2, -0.15) is 0 Å². The Morgan fingerprint density at radius 2 is 0.700 bits per heavy atom. The van der Waals surface area contributed by atoms with Gasteiger partial charge in [0.1, 0.15) is 0 Å². The van der Waals surface area contributed by atoms with Crippen molar-refractivity contribution in [1.82, 2.24) is 0 Å². The molecule has 0 atom stereocenters. The van der Waals surface area contributed by atoms with Gasteiger partial charge in [-0.15, -0.1) is 0 Å². The zero-order valence-corrected chi connectivity index (χ0v) is 22.0. The summed E-state index contributed by atoms with van der Waals surface area (Å²) in [7, 11) is -3.92. The highest BCUT2D eigenvalue weighted by atomic mass is 32.2. The molecule has 0 aliphatic carbocycles. The summed E-state index contributed by atoms with van der Waals surface area (Å²) in [4.78, 5) is 0. The summed E-state index contributed by atoms with van der Waals surface area (Å²) in [6.45, 7) is 15.2. The predicted molar refractivity (Wildman–Crippen MR) is 132 cm³/mol. The molecule has 0 rings (SSSR count). The third kappa shape index (κ3) is 25.9. The van der Waals surface area contributed by atoms with Crippen LogP contribution in [0.5, 0.6) is 0 Å². The van der Waals surface area contributed by atoms with Crippen molar-refractivity contribution < 1.29 is 17.5 Å². The highest BCUT2D eigenvalue weighted by Gasteiger charge is 2.25. The standard InChI is InChI=1S/C24H52N.CH4O3S/c1-5-9-13-17-21-25(22-18-14-10-6-2,23-19-15-11-7-3)24-20-16-12-8-4;1-5(2,3)4/h5-24H2,1-4H3;1H3,(H,2,3,4)/q+1;/p-1. The largest absolute Gasteiger partial charge is 0.748 e. The van der Waals surface area contributed by atoms with Crippen LogP contribution in [-0.2, 0) is 10.1 Å². The Balaban J connectivity index is 0. The van der Waals surface area contributed by atoms with Crippen LogP contribution in [0.1, 0.15) is 130 Å². The molecule has 30 heavy (non-hydrogen) atoms. The minimum atomic E-state index is -3.92. The van der Waals surface area contributed by atoms with Gasteiger partial charge in [-0.3, -0.25) is 0 Å². The van der Waals surface area contributed by atoms with Crippen LogP contribution in [0.15, 0.2) is 0 Å². The van der Waals surface area contributed by atoms with Crippen LogP contribution in [0.3, 0.4) is 0 Å². The van der Waals surface area contributed by atoms with Gasteiger partial charge in [0.15, 0.2) is 0 Å². The van der Waals surface area contributed by atoms with Gasteiger partial charge in [0, 0.05) is 6.26 Å². The predicted octanol–water partition coefficient (Wildman–Crippen LogP) is 7.29. The van der Waals surface area contributed by atoms with Gasteiger partial charge in [-0.05, 0) is 51.4 Å². The smallest absolute Gasteiger partial charge is 0.0916 e. The molecule has 0 fully saturated rings. The fourth-order valence-corrected chi connectivity index (χ4v) is 4.17. The lowest BCUT2D eigenvalue weighted by molar-refractivity contribution is -0.929. The third-order valence-corrected chi connectivity index (χ3v) is 5.94. The summed E-state index contributed by atoms with van der Waals surface area (Å²) in [5.74, 6) is 0. The second-order valence-electron chi connectivity index (χ2n) is 9.18. The lowest BCUT2D eigenvalue weighted by atomic mass is 10.1. The second-order valence-corrected chi connectivity index (χ2v) is 10.6. The van der Waals surface area contributed by atoms with Gasteiger partial charge in [0.25, 0.3) is 0 Å². The van der Waals surface area contributed by atoms with E-state index in [-0.39, 0.29) is 0 Å². The second kappa shape index (κ2) is 22.1. The molecule has 184 valence electrons. The van der Waals surface area contributed by atoms with Gasteiger partial charge < -0.3 is 9.04 Å². The Morgan fingerprint density at radius 1 is 0.500 bits per heavy atom. The van der Waals surface area contributed by atoms with Crippen molar-refractivity contribution in [1.29, 1.82) is 0 Å². The fourth-order valence-electron chi connectivity index (χ4n) is 4.17. The first kappa shape index (κ1) is 32.1. The van der Waals surface area contributed by atoms with E-state index in [0.717, 1.165) is 0 Å². The number of hydrogen-bond acceptors (Lipinski definition) is 3. The monoisotopic (exact) mass is 449 g/mol. The first-order valence-corrected chi connectivity index (χ1v) is 14.8.